The van der Waals surface area contributed by atoms with E-state index in [1.54, 1.807) is 6.07 Å². The Kier molecular flexibility index (Phi) is 4.30. The molecule has 100 valence electrons. The summed E-state index contributed by atoms with van der Waals surface area (Å²) >= 11 is 0. The Morgan fingerprint density at radius 3 is 2.78 bits per heavy atom. The molecule has 1 saturated heterocycles. The van der Waals surface area contributed by atoms with Crippen LogP contribution < -0.4 is 10.6 Å². The monoisotopic (exact) mass is 254 g/mol. The Hall–Kier alpha value is -1.00. The van der Waals surface area contributed by atoms with Crippen molar-refractivity contribution in [1.29, 1.82) is 0 Å². The van der Waals surface area contributed by atoms with E-state index in [9.17, 15) is 8.78 Å². The van der Waals surface area contributed by atoms with Crippen molar-refractivity contribution in [1.82, 2.24) is 10.6 Å². The summed E-state index contributed by atoms with van der Waals surface area (Å²) in [5, 5.41) is 6.85. The van der Waals surface area contributed by atoms with Crippen molar-refractivity contribution in [3.63, 3.8) is 0 Å². The number of benzene rings is 1. The minimum atomic E-state index is -0.791. The molecule has 2 N–H and O–H groups in total. The maximum atomic E-state index is 13.2. The molecule has 0 amide bonds. The van der Waals surface area contributed by atoms with E-state index in [1.807, 2.05) is 6.92 Å². The lowest BCUT2D eigenvalue weighted by Crippen LogP contribution is -2.47. The number of hydrogen-bond donors (Lipinski definition) is 2. The van der Waals surface area contributed by atoms with Crippen LogP contribution >= 0.6 is 0 Å². The van der Waals surface area contributed by atoms with E-state index in [-0.39, 0.29) is 6.04 Å². The number of rotatable bonds is 3. The molecular weight excluding hydrogens is 234 g/mol. The van der Waals surface area contributed by atoms with Crippen LogP contribution in [0.25, 0.3) is 0 Å². The third kappa shape index (κ3) is 3.06. The summed E-state index contributed by atoms with van der Waals surface area (Å²) in [6.45, 7) is 6.19. The van der Waals surface area contributed by atoms with Gasteiger partial charge in [0.1, 0.15) is 0 Å². The van der Waals surface area contributed by atoms with Gasteiger partial charge in [0.2, 0.25) is 0 Å². The third-order valence-electron chi connectivity index (χ3n) is 3.69. The first-order chi connectivity index (χ1) is 8.58. The lowest BCUT2D eigenvalue weighted by molar-refractivity contribution is 0.278. The molecular formula is C14H20F2N2. The second-order valence-corrected chi connectivity index (χ2v) is 5.14. The second-order valence-electron chi connectivity index (χ2n) is 5.14. The van der Waals surface area contributed by atoms with Gasteiger partial charge in [-0.15, -0.1) is 0 Å². The zero-order valence-electron chi connectivity index (χ0n) is 10.8. The van der Waals surface area contributed by atoms with E-state index < -0.39 is 11.6 Å². The van der Waals surface area contributed by atoms with E-state index in [1.165, 1.54) is 12.1 Å². The van der Waals surface area contributed by atoms with Crippen LogP contribution in [0.1, 0.15) is 31.9 Å². The first-order valence-electron chi connectivity index (χ1n) is 6.49. The van der Waals surface area contributed by atoms with E-state index in [0.717, 1.165) is 25.1 Å². The average Bonchev–Trinajstić information content (AvgIpc) is 2.35. The molecule has 1 aliphatic heterocycles. The molecule has 4 heteroatoms. The van der Waals surface area contributed by atoms with Gasteiger partial charge in [0.05, 0.1) is 0 Å². The van der Waals surface area contributed by atoms with Crippen LogP contribution in [0, 0.1) is 17.6 Å². The summed E-state index contributed by atoms with van der Waals surface area (Å²) in [5.74, 6) is -1.02. The fourth-order valence-corrected chi connectivity index (χ4v) is 2.46. The van der Waals surface area contributed by atoms with E-state index >= 15 is 0 Å². The summed E-state index contributed by atoms with van der Waals surface area (Å²) in [5.41, 5.74) is 0.791. The normalized spacial score (nSPS) is 26.0. The summed E-state index contributed by atoms with van der Waals surface area (Å²) in [7, 11) is 0. The maximum Gasteiger partial charge on any atom is 0.159 e. The molecule has 2 rings (SSSR count). The number of halogens is 2. The van der Waals surface area contributed by atoms with Gasteiger partial charge in [-0.2, -0.15) is 0 Å². The second kappa shape index (κ2) is 5.76. The number of piperidine rings is 1. The van der Waals surface area contributed by atoms with Gasteiger partial charge >= 0.3 is 0 Å². The molecule has 0 aliphatic carbocycles. The van der Waals surface area contributed by atoms with Gasteiger partial charge in [0, 0.05) is 12.1 Å². The molecule has 0 saturated carbocycles. The van der Waals surface area contributed by atoms with Crippen LogP contribution in [0.15, 0.2) is 18.2 Å². The molecule has 3 atom stereocenters. The predicted molar refractivity (Wildman–Crippen MR) is 68.3 cm³/mol. The number of nitrogens with one attached hydrogen (secondary N) is 2. The van der Waals surface area contributed by atoms with Crippen molar-refractivity contribution < 1.29 is 8.78 Å². The Balaban J connectivity index is 2.02. The minimum Gasteiger partial charge on any atom is -0.316 e. The van der Waals surface area contributed by atoms with Crippen molar-refractivity contribution >= 4 is 0 Å². The highest BCUT2D eigenvalue weighted by Gasteiger charge is 2.22. The first-order valence-corrected chi connectivity index (χ1v) is 6.49. The highest BCUT2D eigenvalue weighted by molar-refractivity contribution is 5.21. The summed E-state index contributed by atoms with van der Waals surface area (Å²) in [4.78, 5) is 0. The first kappa shape index (κ1) is 13.4. The Morgan fingerprint density at radius 1 is 1.33 bits per heavy atom. The van der Waals surface area contributed by atoms with E-state index in [4.69, 9.17) is 0 Å². The standard InChI is InChI=1S/C14H20F2N2/c1-9-8-17-6-5-14(9)18-10(2)11-3-4-12(15)13(16)7-11/h3-4,7,9-10,14,17-18H,5-6,8H2,1-2H3. The highest BCUT2D eigenvalue weighted by Crippen LogP contribution is 2.19. The van der Waals surface area contributed by atoms with Gasteiger partial charge in [-0.3, -0.25) is 0 Å². The fraction of sp³-hybridized carbons (Fsp3) is 0.571. The van der Waals surface area contributed by atoms with Gasteiger partial charge in [0.15, 0.2) is 11.6 Å². The highest BCUT2D eigenvalue weighted by atomic mass is 19.2. The van der Waals surface area contributed by atoms with Crippen LogP contribution in [0.2, 0.25) is 0 Å². The molecule has 1 aromatic carbocycles. The molecule has 1 aliphatic rings. The Labute approximate surface area is 107 Å². The molecule has 2 nitrogen and oxygen atoms in total. The van der Waals surface area contributed by atoms with Crippen LogP contribution in [0.5, 0.6) is 0 Å². The summed E-state index contributed by atoms with van der Waals surface area (Å²) in [6, 6.07) is 4.56. The van der Waals surface area contributed by atoms with Crippen LogP contribution in [-0.4, -0.2) is 19.1 Å². The summed E-state index contributed by atoms with van der Waals surface area (Å²) < 4.78 is 26.1. The van der Waals surface area contributed by atoms with Crippen LogP contribution in [-0.2, 0) is 0 Å². The lowest BCUT2D eigenvalue weighted by Gasteiger charge is -2.33. The van der Waals surface area contributed by atoms with Crippen molar-refractivity contribution in [3.8, 4) is 0 Å². The van der Waals surface area contributed by atoms with Crippen molar-refractivity contribution in [3.05, 3.63) is 35.4 Å². The van der Waals surface area contributed by atoms with Crippen molar-refractivity contribution in [2.45, 2.75) is 32.4 Å². The third-order valence-corrected chi connectivity index (χ3v) is 3.69. The van der Waals surface area contributed by atoms with Crippen LogP contribution in [0.4, 0.5) is 8.78 Å². The molecule has 0 spiro atoms. The van der Waals surface area contributed by atoms with E-state index in [2.05, 4.69) is 17.6 Å². The molecule has 0 aromatic heterocycles. The zero-order valence-corrected chi connectivity index (χ0v) is 10.8. The molecule has 18 heavy (non-hydrogen) atoms. The van der Waals surface area contributed by atoms with E-state index in [0.29, 0.717) is 12.0 Å². The Morgan fingerprint density at radius 2 is 2.11 bits per heavy atom. The van der Waals surface area contributed by atoms with Crippen LogP contribution in [0.3, 0.4) is 0 Å². The molecule has 1 heterocycles. The lowest BCUT2D eigenvalue weighted by atomic mass is 9.94. The van der Waals surface area contributed by atoms with Crippen molar-refractivity contribution in [2.75, 3.05) is 13.1 Å². The molecule has 3 unspecified atom stereocenters. The molecule has 0 bridgehead atoms. The largest absolute Gasteiger partial charge is 0.316 e. The topological polar surface area (TPSA) is 24.1 Å². The average molecular weight is 254 g/mol. The molecule has 0 radical (unpaired) electrons. The SMILES string of the molecule is CC(NC1CCNCC1C)c1ccc(F)c(F)c1. The molecule has 1 fully saturated rings. The van der Waals surface area contributed by atoms with Gasteiger partial charge in [-0.25, -0.2) is 8.78 Å². The minimum absolute atomic E-state index is 0.0330. The van der Waals surface area contributed by atoms with Crippen molar-refractivity contribution in [2.24, 2.45) is 5.92 Å². The maximum absolute atomic E-state index is 13.2. The van der Waals surface area contributed by atoms with Gasteiger partial charge in [0.25, 0.3) is 0 Å². The van der Waals surface area contributed by atoms with Gasteiger partial charge in [-0.05, 0) is 50.0 Å². The van der Waals surface area contributed by atoms with Gasteiger partial charge in [-0.1, -0.05) is 13.0 Å². The smallest absolute Gasteiger partial charge is 0.159 e. The quantitative estimate of drug-likeness (QED) is 0.866. The zero-order chi connectivity index (χ0) is 13.1. The molecule has 1 aromatic rings. The summed E-state index contributed by atoms with van der Waals surface area (Å²) in [6.07, 6.45) is 1.06. The fourth-order valence-electron chi connectivity index (χ4n) is 2.46. The Bertz CT molecular complexity index is 409. The predicted octanol–water partition coefficient (Wildman–Crippen LogP) is 2.61. The van der Waals surface area contributed by atoms with Gasteiger partial charge < -0.3 is 10.6 Å². The number of hydrogen-bond acceptors (Lipinski definition) is 2.